The van der Waals surface area contributed by atoms with Gasteiger partial charge in [-0.15, -0.1) is 0 Å². The highest BCUT2D eigenvalue weighted by Gasteiger charge is 2.17. The van der Waals surface area contributed by atoms with Crippen molar-refractivity contribution in [3.05, 3.63) is 206 Å². The van der Waals surface area contributed by atoms with E-state index in [1.54, 1.807) is 0 Å². The fourth-order valence-corrected chi connectivity index (χ4v) is 8.41. The number of fused-ring (bicyclic) bond motifs is 8. The minimum Gasteiger partial charge on any atom is -0.455 e. The lowest BCUT2D eigenvalue weighted by atomic mass is 10.0. The van der Waals surface area contributed by atoms with Gasteiger partial charge in [0.05, 0.1) is 11.0 Å². The Hall–Kier alpha value is -7.36. The van der Waals surface area contributed by atoms with Gasteiger partial charge in [-0.2, -0.15) is 0 Å². The van der Waals surface area contributed by atoms with E-state index in [2.05, 4.69) is 204 Å². The number of benzene rings is 9. The summed E-state index contributed by atoms with van der Waals surface area (Å²) in [5.74, 6) is 0. The monoisotopic (exact) mass is 702 g/mol. The first-order valence-electron chi connectivity index (χ1n) is 18.8. The largest absolute Gasteiger partial charge is 0.455 e. The molecule has 9 aromatic carbocycles. The van der Waals surface area contributed by atoms with E-state index in [1.165, 1.54) is 43.7 Å². The van der Waals surface area contributed by atoms with Gasteiger partial charge in [-0.25, -0.2) is 0 Å². The molecule has 2 heterocycles. The second-order valence-corrected chi connectivity index (χ2v) is 14.1. The first-order chi connectivity index (χ1) is 27.3. The van der Waals surface area contributed by atoms with E-state index in [1.807, 2.05) is 12.1 Å². The molecule has 11 rings (SSSR count). The van der Waals surface area contributed by atoms with Crippen LogP contribution in [0.25, 0.3) is 82.5 Å². The Kier molecular flexibility index (Phi) is 7.17. The van der Waals surface area contributed by atoms with E-state index in [-0.39, 0.29) is 0 Å². The number of para-hydroxylation sites is 4. The third-order valence-electron chi connectivity index (χ3n) is 11.0. The first-order valence-corrected chi connectivity index (χ1v) is 18.8. The van der Waals surface area contributed by atoms with Gasteiger partial charge in [0.1, 0.15) is 11.2 Å². The van der Waals surface area contributed by atoms with Crippen LogP contribution in [0.5, 0.6) is 0 Å². The predicted octanol–water partition coefficient (Wildman–Crippen LogP) is 14.6. The fourth-order valence-electron chi connectivity index (χ4n) is 8.41. The summed E-state index contributed by atoms with van der Waals surface area (Å²) >= 11 is 0. The van der Waals surface area contributed by atoms with Crippen LogP contribution in [0.15, 0.2) is 211 Å². The Morgan fingerprint density at radius 2 is 0.945 bits per heavy atom. The Labute approximate surface area is 318 Å². The molecule has 11 aromatic rings. The van der Waals surface area contributed by atoms with Gasteiger partial charge in [-0.05, 0) is 94.2 Å². The molecule has 3 nitrogen and oxygen atoms in total. The van der Waals surface area contributed by atoms with Crippen molar-refractivity contribution < 1.29 is 4.42 Å². The molecule has 0 aliphatic heterocycles. The van der Waals surface area contributed by atoms with Crippen molar-refractivity contribution in [1.29, 1.82) is 0 Å². The smallest absolute Gasteiger partial charge is 0.143 e. The second kappa shape index (κ2) is 12.6. The molecule has 0 bridgehead atoms. The molecule has 0 atom stereocenters. The lowest BCUT2D eigenvalue weighted by Crippen LogP contribution is -2.09. The van der Waals surface area contributed by atoms with E-state index >= 15 is 0 Å². The SMILES string of the molecule is c1ccc(N(c2ccc(-c3ccc(-n4c5ccccc5c5c6ccccc6ccc54)cc3)cc2)c2ccc(-c3cccc4c3oc3ccccc34)cc2)cc1. The zero-order valence-electron chi connectivity index (χ0n) is 29.9. The van der Waals surface area contributed by atoms with E-state index in [4.69, 9.17) is 4.42 Å². The van der Waals surface area contributed by atoms with Crippen molar-refractivity contribution in [3.8, 4) is 27.9 Å². The number of aromatic nitrogens is 1. The number of hydrogen-bond acceptors (Lipinski definition) is 2. The maximum atomic E-state index is 6.36. The number of hydrogen-bond donors (Lipinski definition) is 0. The minimum absolute atomic E-state index is 0.910. The topological polar surface area (TPSA) is 21.3 Å². The average Bonchev–Trinajstić information content (AvgIpc) is 3.81. The number of furan rings is 1. The van der Waals surface area contributed by atoms with E-state index < -0.39 is 0 Å². The maximum Gasteiger partial charge on any atom is 0.143 e. The lowest BCUT2D eigenvalue weighted by Gasteiger charge is -2.26. The van der Waals surface area contributed by atoms with E-state index in [0.29, 0.717) is 0 Å². The Bertz CT molecular complexity index is 3170. The fraction of sp³-hybridized carbons (Fsp3) is 0. The summed E-state index contributed by atoms with van der Waals surface area (Å²) in [6, 6.07) is 73.8. The van der Waals surface area contributed by atoms with Crippen molar-refractivity contribution in [2.45, 2.75) is 0 Å². The van der Waals surface area contributed by atoms with Gasteiger partial charge < -0.3 is 13.9 Å². The zero-order valence-corrected chi connectivity index (χ0v) is 29.9. The van der Waals surface area contributed by atoms with Gasteiger partial charge in [-0.1, -0.05) is 140 Å². The van der Waals surface area contributed by atoms with Crippen LogP contribution in [0.4, 0.5) is 17.1 Å². The van der Waals surface area contributed by atoms with Crippen molar-refractivity contribution in [2.75, 3.05) is 4.90 Å². The molecule has 0 fully saturated rings. The van der Waals surface area contributed by atoms with E-state index in [0.717, 1.165) is 55.8 Å². The third-order valence-corrected chi connectivity index (χ3v) is 11.0. The molecule has 2 aromatic heterocycles. The zero-order chi connectivity index (χ0) is 36.3. The molecule has 0 N–H and O–H groups in total. The minimum atomic E-state index is 0.910. The molecular weight excluding hydrogens is 669 g/mol. The van der Waals surface area contributed by atoms with Crippen LogP contribution >= 0.6 is 0 Å². The molecule has 0 aliphatic carbocycles. The summed E-state index contributed by atoms with van der Waals surface area (Å²) in [7, 11) is 0. The Morgan fingerprint density at radius 1 is 0.364 bits per heavy atom. The van der Waals surface area contributed by atoms with Crippen molar-refractivity contribution in [2.24, 2.45) is 0 Å². The summed E-state index contributed by atoms with van der Waals surface area (Å²) < 4.78 is 8.76. The summed E-state index contributed by atoms with van der Waals surface area (Å²) in [6.07, 6.45) is 0. The van der Waals surface area contributed by atoms with Gasteiger partial charge in [0, 0.05) is 49.9 Å². The van der Waals surface area contributed by atoms with Gasteiger partial charge in [-0.3, -0.25) is 0 Å². The van der Waals surface area contributed by atoms with Gasteiger partial charge >= 0.3 is 0 Å². The van der Waals surface area contributed by atoms with Crippen molar-refractivity contribution >= 4 is 71.6 Å². The van der Waals surface area contributed by atoms with Crippen molar-refractivity contribution in [1.82, 2.24) is 4.57 Å². The second-order valence-electron chi connectivity index (χ2n) is 14.1. The Morgan fingerprint density at radius 3 is 1.71 bits per heavy atom. The summed E-state index contributed by atoms with van der Waals surface area (Å²) in [6.45, 7) is 0. The molecule has 3 heteroatoms. The van der Waals surface area contributed by atoms with Gasteiger partial charge in [0.2, 0.25) is 0 Å². The van der Waals surface area contributed by atoms with Crippen LogP contribution in [-0.2, 0) is 0 Å². The summed E-state index contributed by atoms with van der Waals surface area (Å²) in [5, 5.41) is 7.40. The summed E-state index contributed by atoms with van der Waals surface area (Å²) in [4.78, 5) is 2.31. The molecular formula is C52H34N2O. The van der Waals surface area contributed by atoms with Crippen LogP contribution in [0.2, 0.25) is 0 Å². The lowest BCUT2D eigenvalue weighted by molar-refractivity contribution is 0.670. The molecule has 0 unspecified atom stereocenters. The van der Waals surface area contributed by atoms with E-state index in [9.17, 15) is 0 Å². The predicted molar refractivity (Wildman–Crippen MR) is 231 cm³/mol. The van der Waals surface area contributed by atoms with Gasteiger partial charge in [0.15, 0.2) is 0 Å². The third kappa shape index (κ3) is 5.13. The Balaban J connectivity index is 0.930. The highest BCUT2D eigenvalue weighted by Crippen LogP contribution is 2.40. The highest BCUT2D eigenvalue weighted by molar-refractivity contribution is 6.21. The molecule has 0 saturated heterocycles. The van der Waals surface area contributed by atoms with Crippen LogP contribution in [0.3, 0.4) is 0 Å². The molecule has 0 saturated carbocycles. The number of nitrogens with zero attached hydrogens (tertiary/aromatic N) is 2. The van der Waals surface area contributed by atoms with Gasteiger partial charge in [0.25, 0.3) is 0 Å². The van der Waals surface area contributed by atoms with Crippen LogP contribution in [0, 0.1) is 0 Å². The summed E-state index contributed by atoms with van der Waals surface area (Å²) in [5.41, 5.74) is 13.3. The number of anilines is 3. The quantitative estimate of drug-likeness (QED) is 0.172. The first kappa shape index (κ1) is 31.2. The van der Waals surface area contributed by atoms with Crippen LogP contribution < -0.4 is 4.90 Å². The van der Waals surface area contributed by atoms with Crippen molar-refractivity contribution in [3.63, 3.8) is 0 Å². The number of rotatable bonds is 6. The maximum absolute atomic E-state index is 6.36. The molecule has 0 amide bonds. The molecule has 0 radical (unpaired) electrons. The average molecular weight is 703 g/mol. The standard InChI is InChI=1S/C52H34N2O/c1-2-12-39(13-3-1)53(41-32-25-38(26-33-41)44-17-10-18-46-45-15-7-9-20-50(45)55-52(44)46)40-28-21-35(22-29-40)36-23-30-42(31-24-36)54-48-19-8-6-16-47(48)51-43-14-5-4-11-37(43)27-34-49(51)54/h1-34H. The highest BCUT2D eigenvalue weighted by atomic mass is 16.3. The molecule has 0 spiro atoms. The molecule has 55 heavy (non-hydrogen) atoms. The normalized spacial score (nSPS) is 11.6. The van der Waals surface area contributed by atoms with Crippen LogP contribution in [0.1, 0.15) is 0 Å². The molecule has 0 aliphatic rings. The van der Waals surface area contributed by atoms with Crippen LogP contribution in [-0.4, -0.2) is 4.57 Å². The molecule has 258 valence electrons.